The molecule has 1 N–H and O–H groups in total. The second-order valence-corrected chi connectivity index (χ2v) is 9.67. The van der Waals surface area contributed by atoms with Crippen LogP contribution >= 0.6 is 0 Å². The molecular formula is C28H35FN2O2. The van der Waals surface area contributed by atoms with E-state index in [0.717, 1.165) is 17.7 Å². The van der Waals surface area contributed by atoms with Gasteiger partial charge in [-0.05, 0) is 61.3 Å². The third kappa shape index (κ3) is 5.82. The number of hydrogen-bond acceptors (Lipinski definition) is 2. The third-order valence-electron chi connectivity index (χ3n) is 7.55. The summed E-state index contributed by atoms with van der Waals surface area (Å²) in [6, 6.07) is 16.4. The Hall–Kier alpha value is -2.69. The minimum Gasteiger partial charge on any atom is -0.355 e. The van der Waals surface area contributed by atoms with Crippen LogP contribution in [0.25, 0.3) is 0 Å². The molecule has 0 bridgehead atoms. The average Bonchev–Trinajstić information content (AvgIpc) is 2.88. The van der Waals surface area contributed by atoms with Crippen LogP contribution in [0, 0.1) is 11.7 Å². The van der Waals surface area contributed by atoms with Crippen molar-refractivity contribution in [1.82, 2.24) is 10.2 Å². The lowest BCUT2D eigenvalue weighted by atomic mass is 9.71. The van der Waals surface area contributed by atoms with Gasteiger partial charge >= 0.3 is 0 Å². The summed E-state index contributed by atoms with van der Waals surface area (Å²) in [4.78, 5) is 28.3. The maximum absolute atomic E-state index is 13.5. The molecule has 0 spiro atoms. The Kier molecular flexibility index (Phi) is 7.79. The molecule has 1 aliphatic heterocycles. The normalized spacial score (nSPS) is 18.6. The smallest absolute Gasteiger partial charge is 0.230 e. The minimum absolute atomic E-state index is 0.101. The highest BCUT2D eigenvalue weighted by Crippen LogP contribution is 2.36. The Morgan fingerprint density at radius 3 is 2.27 bits per heavy atom. The maximum Gasteiger partial charge on any atom is 0.230 e. The molecule has 5 heteroatoms. The van der Waals surface area contributed by atoms with E-state index < -0.39 is 5.41 Å². The van der Waals surface area contributed by atoms with Gasteiger partial charge in [0.25, 0.3) is 0 Å². The molecule has 2 fully saturated rings. The standard InChI is InChI=1S/C28H35FN2O2/c29-25-14-11-22(12-15-25)13-16-26(32)31-19-17-28(18-20-31,24-9-5-2-6-10-24)27(33)30-21-23-7-3-1-4-8-23/h2,5-6,9-12,14-15,23H,1,3-4,7-8,13,16-21H2,(H,30,33). The number of piperidine rings is 1. The van der Waals surface area contributed by atoms with Crippen molar-refractivity contribution < 1.29 is 14.0 Å². The fourth-order valence-electron chi connectivity index (χ4n) is 5.40. The first-order valence-electron chi connectivity index (χ1n) is 12.4. The van der Waals surface area contributed by atoms with Crippen molar-refractivity contribution in [2.45, 2.75) is 63.2 Å². The molecular weight excluding hydrogens is 415 g/mol. The van der Waals surface area contributed by atoms with Crippen molar-refractivity contribution in [2.24, 2.45) is 5.92 Å². The van der Waals surface area contributed by atoms with E-state index in [1.165, 1.54) is 44.2 Å². The topological polar surface area (TPSA) is 49.4 Å². The Balaban J connectivity index is 1.37. The first-order valence-corrected chi connectivity index (χ1v) is 12.4. The van der Waals surface area contributed by atoms with Gasteiger partial charge in [-0.1, -0.05) is 61.7 Å². The first kappa shape index (κ1) is 23.5. The molecule has 2 aromatic carbocycles. The number of carbonyl (C=O) groups is 2. The van der Waals surface area contributed by atoms with E-state index in [-0.39, 0.29) is 17.6 Å². The Morgan fingerprint density at radius 2 is 1.61 bits per heavy atom. The maximum atomic E-state index is 13.5. The van der Waals surface area contributed by atoms with Crippen molar-refractivity contribution in [2.75, 3.05) is 19.6 Å². The predicted molar refractivity (Wildman–Crippen MR) is 128 cm³/mol. The zero-order valence-electron chi connectivity index (χ0n) is 19.4. The molecule has 0 radical (unpaired) electrons. The average molecular weight is 451 g/mol. The molecule has 0 atom stereocenters. The summed E-state index contributed by atoms with van der Waals surface area (Å²) in [5.74, 6) is 0.532. The number of hydrogen-bond donors (Lipinski definition) is 1. The van der Waals surface area contributed by atoms with E-state index in [0.29, 0.717) is 44.7 Å². The molecule has 2 amide bonds. The van der Waals surface area contributed by atoms with Gasteiger partial charge in [-0.25, -0.2) is 4.39 Å². The molecule has 0 aromatic heterocycles. The molecule has 176 valence electrons. The molecule has 4 rings (SSSR count). The van der Waals surface area contributed by atoms with E-state index in [1.807, 2.05) is 35.2 Å². The molecule has 1 saturated carbocycles. The third-order valence-corrected chi connectivity index (χ3v) is 7.55. The number of rotatable bonds is 7. The highest BCUT2D eigenvalue weighted by molar-refractivity contribution is 5.89. The van der Waals surface area contributed by atoms with Crippen LogP contribution in [0.2, 0.25) is 0 Å². The quantitative estimate of drug-likeness (QED) is 0.644. The first-order chi connectivity index (χ1) is 16.1. The van der Waals surface area contributed by atoms with Crippen molar-refractivity contribution >= 4 is 11.8 Å². The number of nitrogens with one attached hydrogen (secondary N) is 1. The summed E-state index contributed by atoms with van der Waals surface area (Å²) in [7, 11) is 0. The van der Waals surface area contributed by atoms with Crippen LogP contribution in [-0.4, -0.2) is 36.3 Å². The van der Waals surface area contributed by atoms with Gasteiger partial charge in [0.1, 0.15) is 5.82 Å². The van der Waals surface area contributed by atoms with E-state index in [4.69, 9.17) is 0 Å². The molecule has 1 saturated heterocycles. The molecule has 1 aliphatic carbocycles. The lowest BCUT2D eigenvalue weighted by molar-refractivity contribution is -0.137. The number of nitrogens with zero attached hydrogens (tertiary/aromatic N) is 1. The SMILES string of the molecule is O=C(CCc1ccc(F)cc1)N1CCC(C(=O)NCC2CCCCC2)(c2ccccc2)CC1. The number of benzene rings is 2. The second-order valence-electron chi connectivity index (χ2n) is 9.67. The van der Waals surface area contributed by atoms with Crippen LogP contribution in [0.5, 0.6) is 0 Å². The monoisotopic (exact) mass is 450 g/mol. The molecule has 2 aromatic rings. The molecule has 2 aliphatic rings. The van der Waals surface area contributed by atoms with Gasteiger partial charge in [0, 0.05) is 26.1 Å². The minimum atomic E-state index is -0.580. The molecule has 0 unspecified atom stereocenters. The molecule has 1 heterocycles. The Bertz CT molecular complexity index is 915. The van der Waals surface area contributed by atoms with Crippen LogP contribution in [-0.2, 0) is 21.4 Å². The van der Waals surface area contributed by atoms with Crippen LogP contribution in [0.3, 0.4) is 0 Å². The second kappa shape index (κ2) is 11.0. The van der Waals surface area contributed by atoms with E-state index in [2.05, 4.69) is 5.32 Å². The Morgan fingerprint density at radius 1 is 0.939 bits per heavy atom. The molecule has 33 heavy (non-hydrogen) atoms. The van der Waals surface area contributed by atoms with Crippen molar-refractivity contribution in [3.8, 4) is 0 Å². The van der Waals surface area contributed by atoms with Gasteiger partial charge in [0.2, 0.25) is 11.8 Å². The number of aryl methyl sites for hydroxylation is 1. The lowest BCUT2D eigenvalue weighted by Crippen LogP contribution is -2.53. The van der Waals surface area contributed by atoms with Crippen LogP contribution in [0.1, 0.15) is 62.5 Å². The Labute approximate surface area is 196 Å². The highest BCUT2D eigenvalue weighted by atomic mass is 19.1. The fourth-order valence-corrected chi connectivity index (χ4v) is 5.40. The summed E-state index contributed by atoms with van der Waals surface area (Å²) >= 11 is 0. The lowest BCUT2D eigenvalue weighted by Gasteiger charge is -2.41. The predicted octanol–water partition coefficient (Wildman–Crippen LogP) is 5.02. The van der Waals surface area contributed by atoms with E-state index in [1.54, 1.807) is 12.1 Å². The van der Waals surface area contributed by atoms with Crippen molar-refractivity contribution in [1.29, 1.82) is 0 Å². The van der Waals surface area contributed by atoms with Crippen LogP contribution in [0.15, 0.2) is 54.6 Å². The van der Waals surface area contributed by atoms with Crippen LogP contribution < -0.4 is 5.32 Å². The zero-order chi connectivity index (χ0) is 23.1. The van der Waals surface area contributed by atoms with E-state index >= 15 is 0 Å². The number of amides is 2. The van der Waals surface area contributed by atoms with Gasteiger partial charge in [-0.15, -0.1) is 0 Å². The van der Waals surface area contributed by atoms with Crippen molar-refractivity contribution in [3.63, 3.8) is 0 Å². The summed E-state index contributed by atoms with van der Waals surface area (Å²) in [6.07, 6.45) is 8.51. The molecule has 4 nitrogen and oxygen atoms in total. The van der Waals surface area contributed by atoms with Gasteiger partial charge in [-0.2, -0.15) is 0 Å². The summed E-state index contributed by atoms with van der Waals surface area (Å²) in [5.41, 5.74) is 1.43. The number of halogens is 1. The zero-order valence-corrected chi connectivity index (χ0v) is 19.4. The largest absolute Gasteiger partial charge is 0.355 e. The van der Waals surface area contributed by atoms with Gasteiger partial charge in [0.15, 0.2) is 0 Å². The van der Waals surface area contributed by atoms with Crippen LogP contribution in [0.4, 0.5) is 4.39 Å². The van der Waals surface area contributed by atoms with Gasteiger partial charge in [-0.3, -0.25) is 9.59 Å². The number of likely N-dealkylation sites (tertiary alicyclic amines) is 1. The van der Waals surface area contributed by atoms with Gasteiger partial charge < -0.3 is 10.2 Å². The highest BCUT2D eigenvalue weighted by Gasteiger charge is 2.43. The fraction of sp³-hybridized carbons (Fsp3) is 0.500. The van der Waals surface area contributed by atoms with Gasteiger partial charge in [0.05, 0.1) is 5.41 Å². The number of carbonyl (C=O) groups excluding carboxylic acids is 2. The van der Waals surface area contributed by atoms with E-state index in [9.17, 15) is 14.0 Å². The summed E-state index contributed by atoms with van der Waals surface area (Å²) < 4.78 is 13.1. The summed E-state index contributed by atoms with van der Waals surface area (Å²) in [5, 5.41) is 3.28. The summed E-state index contributed by atoms with van der Waals surface area (Å²) in [6.45, 7) is 1.91. The van der Waals surface area contributed by atoms with Crippen molar-refractivity contribution in [3.05, 3.63) is 71.5 Å².